The molecular weight excluding hydrogens is 382 g/mol. The Morgan fingerprint density at radius 3 is 2.38 bits per heavy atom. The molecule has 1 saturated heterocycles. The molecule has 0 aromatic heterocycles. The number of carbonyl (C=O) groups excluding carboxylic acids is 1. The van der Waals surface area contributed by atoms with Crippen molar-refractivity contribution in [3.63, 3.8) is 0 Å². The predicted octanol–water partition coefficient (Wildman–Crippen LogP) is 4.84. The molecule has 2 aliphatic rings. The average molecular weight is 419 g/mol. The highest BCUT2D eigenvalue weighted by Crippen LogP contribution is 2.26. The average Bonchev–Trinajstić information content (AvgIpc) is 2.65. The van der Waals surface area contributed by atoms with Gasteiger partial charge in [-0.05, 0) is 42.9 Å². The van der Waals surface area contributed by atoms with Crippen LogP contribution in [0.25, 0.3) is 0 Å². The molecule has 2 N–H and O–H groups in total. The molecule has 3 rings (SSSR count). The van der Waals surface area contributed by atoms with Crippen LogP contribution in [-0.2, 0) is 6.54 Å². The summed E-state index contributed by atoms with van der Waals surface area (Å²) in [6, 6.07) is 5.85. The van der Waals surface area contributed by atoms with Crippen molar-refractivity contribution in [1.82, 2.24) is 15.5 Å². The Kier molecular flexibility index (Phi) is 12.5. The third-order valence-corrected chi connectivity index (χ3v) is 6.05. The first-order chi connectivity index (χ1) is 13.2. The summed E-state index contributed by atoms with van der Waals surface area (Å²) in [5.74, 6) is 1.57. The normalized spacial score (nSPS) is 18.7. The van der Waals surface area contributed by atoms with E-state index >= 15 is 0 Å². The standard InChI is InChI=1S/C22H33ClN3O.2CH2/c23-21-9-8-19(17-26-14-12-24-13-15-26)16-20(21)22(27)25-11-10-18-6-4-2-1-3-5-7-18;;/h8-9,16,24H,1-7,10-15,17H2,(H,25,27);2*1H2. The molecule has 2 fully saturated rings. The molecule has 1 amide bonds. The largest absolute Gasteiger partial charge is 0.352 e. The lowest BCUT2D eigenvalue weighted by atomic mass is 9.89. The third-order valence-electron chi connectivity index (χ3n) is 5.72. The van der Waals surface area contributed by atoms with E-state index in [0.717, 1.165) is 44.7 Å². The molecule has 1 aromatic rings. The zero-order valence-electron chi connectivity index (χ0n) is 17.8. The number of halogens is 1. The molecule has 0 atom stereocenters. The van der Waals surface area contributed by atoms with Crippen LogP contribution in [0.2, 0.25) is 5.02 Å². The van der Waals surface area contributed by atoms with Crippen molar-refractivity contribution in [2.75, 3.05) is 32.7 Å². The van der Waals surface area contributed by atoms with Gasteiger partial charge in [-0.1, -0.05) is 64.6 Å². The summed E-state index contributed by atoms with van der Waals surface area (Å²) in [6.07, 6.45) is 10.2. The Labute approximate surface area is 183 Å². The SMILES string of the molecule is O=C(NCC[C]1CCCCCCC1)c1cc(CN2CCNCC2)ccc1Cl.[CH2].[CH2]. The maximum absolute atomic E-state index is 12.6. The van der Waals surface area contributed by atoms with Gasteiger partial charge < -0.3 is 10.6 Å². The van der Waals surface area contributed by atoms with E-state index in [0.29, 0.717) is 17.1 Å². The molecule has 161 valence electrons. The fourth-order valence-corrected chi connectivity index (χ4v) is 4.28. The molecule has 1 aliphatic carbocycles. The molecule has 1 saturated carbocycles. The molecular formula is C24H37ClN3O. The lowest BCUT2D eigenvalue weighted by Crippen LogP contribution is -2.42. The highest BCUT2D eigenvalue weighted by molar-refractivity contribution is 6.33. The molecule has 1 aliphatic heterocycles. The van der Waals surface area contributed by atoms with Crippen LogP contribution in [-0.4, -0.2) is 43.5 Å². The van der Waals surface area contributed by atoms with Crippen molar-refractivity contribution >= 4 is 17.5 Å². The molecule has 0 unspecified atom stereocenters. The second-order valence-electron chi connectivity index (χ2n) is 7.86. The van der Waals surface area contributed by atoms with Gasteiger partial charge >= 0.3 is 0 Å². The van der Waals surface area contributed by atoms with Crippen molar-refractivity contribution in [1.29, 1.82) is 0 Å². The molecule has 4 nitrogen and oxygen atoms in total. The molecule has 0 bridgehead atoms. The lowest BCUT2D eigenvalue weighted by molar-refractivity contribution is 0.0953. The molecule has 1 heterocycles. The first kappa shape index (κ1) is 25.9. The Hall–Kier alpha value is -1.10. The van der Waals surface area contributed by atoms with Gasteiger partial charge in [0.1, 0.15) is 0 Å². The molecule has 5 heteroatoms. The number of piperazine rings is 1. The van der Waals surface area contributed by atoms with E-state index in [1.165, 1.54) is 44.9 Å². The van der Waals surface area contributed by atoms with E-state index < -0.39 is 0 Å². The van der Waals surface area contributed by atoms with Crippen LogP contribution in [0.1, 0.15) is 67.3 Å². The van der Waals surface area contributed by atoms with E-state index in [9.17, 15) is 4.79 Å². The Morgan fingerprint density at radius 2 is 1.69 bits per heavy atom. The number of nitrogens with zero attached hydrogens (tertiary/aromatic N) is 1. The highest BCUT2D eigenvalue weighted by atomic mass is 35.5. The summed E-state index contributed by atoms with van der Waals surface area (Å²) in [5, 5.41) is 6.99. The topological polar surface area (TPSA) is 44.4 Å². The Balaban J connectivity index is 0.00000210. The smallest absolute Gasteiger partial charge is 0.252 e. The Morgan fingerprint density at radius 1 is 1.03 bits per heavy atom. The summed E-state index contributed by atoms with van der Waals surface area (Å²) in [4.78, 5) is 15.1. The lowest BCUT2D eigenvalue weighted by Gasteiger charge is -2.27. The number of hydrogen-bond donors (Lipinski definition) is 2. The van der Waals surface area contributed by atoms with Gasteiger partial charge in [0.2, 0.25) is 0 Å². The van der Waals surface area contributed by atoms with Gasteiger partial charge in [-0.25, -0.2) is 0 Å². The molecule has 0 spiro atoms. The number of carbonyl (C=O) groups is 1. The monoisotopic (exact) mass is 418 g/mol. The molecule has 1 aromatic carbocycles. The summed E-state index contributed by atoms with van der Waals surface area (Å²) >= 11 is 6.31. The summed E-state index contributed by atoms with van der Waals surface area (Å²) in [7, 11) is 0. The minimum absolute atomic E-state index is 0. The summed E-state index contributed by atoms with van der Waals surface area (Å²) in [6.45, 7) is 5.73. The van der Waals surface area contributed by atoms with Crippen LogP contribution < -0.4 is 10.6 Å². The van der Waals surface area contributed by atoms with Crippen LogP contribution in [0.5, 0.6) is 0 Å². The fraction of sp³-hybridized carbons (Fsp3) is 0.583. The van der Waals surface area contributed by atoms with E-state index in [1.54, 1.807) is 5.92 Å². The van der Waals surface area contributed by atoms with Crippen molar-refractivity contribution in [3.8, 4) is 0 Å². The van der Waals surface area contributed by atoms with Crippen molar-refractivity contribution in [2.24, 2.45) is 0 Å². The summed E-state index contributed by atoms with van der Waals surface area (Å²) < 4.78 is 0. The van der Waals surface area contributed by atoms with Gasteiger partial charge in [0.15, 0.2) is 0 Å². The maximum atomic E-state index is 12.6. The molecule has 29 heavy (non-hydrogen) atoms. The zero-order valence-corrected chi connectivity index (χ0v) is 18.5. The van der Waals surface area contributed by atoms with Crippen LogP contribution in [0.3, 0.4) is 0 Å². The number of amides is 1. The van der Waals surface area contributed by atoms with E-state index in [4.69, 9.17) is 11.6 Å². The minimum atomic E-state index is -0.0476. The Bertz CT molecular complexity index is 594. The quantitative estimate of drug-likeness (QED) is 0.694. The fourth-order valence-electron chi connectivity index (χ4n) is 4.08. The third kappa shape index (κ3) is 8.65. The van der Waals surface area contributed by atoms with E-state index in [2.05, 4.69) is 15.5 Å². The van der Waals surface area contributed by atoms with E-state index in [-0.39, 0.29) is 20.8 Å². The van der Waals surface area contributed by atoms with Crippen LogP contribution >= 0.6 is 11.6 Å². The predicted molar refractivity (Wildman–Crippen MR) is 123 cm³/mol. The van der Waals surface area contributed by atoms with Gasteiger partial charge in [-0.15, -0.1) is 0 Å². The van der Waals surface area contributed by atoms with Gasteiger partial charge in [-0.2, -0.15) is 0 Å². The van der Waals surface area contributed by atoms with Crippen molar-refractivity contribution in [2.45, 2.75) is 57.9 Å². The highest BCUT2D eigenvalue weighted by Gasteiger charge is 2.16. The van der Waals surface area contributed by atoms with Crippen molar-refractivity contribution < 1.29 is 4.79 Å². The second kappa shape index (κ2) is 14.0. The van der Waals surface area contributed by atoms with Gasteiger partial charge in [-0.3, -0.25) is 9.69 Å². The second-order valence-corrected chi connectivity index (χ2v) is 8.27. The number of nitrogens with one attached hydrogen (secondary N) is 2. The minimum Gasteiger partial charge on any atom is -0.352 e. The molecule has 5 radical (unpaired) electrons. The summed E-state index contributed by atoms with van der Waals surface area (Å²) in [5.41, 5.74) is 1.76. The number of rotatable bonds is 6. The first-order valence-corrected chi connectivity index (χ1v) is 10.9. The van der Waals surface area contributed by atoms with Crippen LogP contribution in [0.4, 0.5) is 0 Å². The van der Waals surface area contributed by atoms with Crippen molar-refractivity contribution in [3.05, 3.63) is 55.1 Å². The first-order valence-electron chi connectivity index (χ1n) is 10.6. The maximum Gasteiger partial charge on any atom is 0.252 e. The van der Waals surface area contributed by atoms with Gasteiger partial charge in [0.25, 0.3) is 5.91 Å². The zero-order chi connectivity index (χ0) is 18.9. The number of hydrogen-bond acceptors (Lipinski definition) is 3. The van der Waals surface area contributed by atoms with Gasteiger partial charge in [0, 0.05) is 39.3 Å². The number of benzene rings is 1. The van der Waals surface area contributed by atoms with Crippen LogP contribution in [0.15, 0.2) is 18.2 Å². The van der Waals surface area contributed by atoms with Gasteiger partial charge in [0.05, 0.1) is 10.6 Å². The van der Waals surface area contributed by atoms with Crippen LogP contribution in [0, 0.1) is 20.8 Å². The van der Waals surface area contributed by atoms with E-state index in [1.807, 2.05) is 18.2 Å².